The predicted molar refractivity (Wildman–Crippen MR) is 76.3 cm³/mol. The number of halogens is 2. The fourth-order valence-electron chi connectivity index (χ4n) is 2.47. The molecular formula is C14H13BrFNS. The molecule has 0 radical (unpaired) electrons. The van der Waals surface area contributed by atoms with Gasteiger partial charge in [0.15, 0.2) is 0 Å². The molecule has 0 fully saturated rings. The second-order valence-electron chi connectivity index (χ2n) is 4.55. The van der Waals surface area contributed by atoms with Gasteiger partial charge in [0.25, 0.3) is 0 Å². The van der Waals surface area contributed by atoms with Crippen LogP contribution in [0.4, 0.5) is 4.39 Å². The fraction of sp³-hybridized carbons (Fsp3) is 0.286. The number of thiophene rings is 1. The summed E-state index contributed by atoms with van der Waals surface area (Å²) in [6.45, 7) is 0.873. The van der Waals surface area contributed by atoms with E-state index in [4.69, 9.17) is 0 Å². The minimum absolute atomic E-state index is 0.128. The topological polar surface area (TPSA) is 12.0 Å². The molecule has 1 N–H and O–H groups in total. The highest BCUT2D eigenvalue weighted by atomic mass is 79.9. The Labute approximate surface area is 118 Å². The first kappa shape index (κ1) is 12.3. The Morgan fingerprint density at radius 2 is 2.28 bits per heavy atom. The van der Waals surface area contributed by atoms with Gasteiger partial charge in [-0.3, -0.25) is 0 Å². The fourth-order valence-corrected chi connectivity index (χ4v) is 3.87. The minimum atomic E-state index is -0.128. The number of aryl methyl sites for hydroxylation is 1. The van der Waals surface area contributed by atoms with Gasteiger partial charge in [0, 0.05) is 27.3 Å². The Bertz CT molecular complexity index is 567. The molecule has 1 aromatic heterocycles. The van der Waals surface area contributed by atoms with Gasteiger partial charge in [-0.05, 0) is 58.1 Å². The van der Waals surface area contributed by atoms with Crippen molar-refractivity contribution in [3.8, 4) is 0 Å². The molecule has 1 heterocycles. The van der Waals surface area contributed by atoms with Gasteiger partial charge in [-0.2, -0.15) is 0 Å². The molecule has 4 heteroatoms. The van der Waals surface area contributed by atoms with Crippen LogP contribution in [0.2, 0.25) is 0 Å². The van der Waals surface area contributed by atoms with Crippen molar-refractivity contribution in [1.82, 2.24) is 5.32 Å². The lowest BCUT2D eigenvalue weighted by atomic mass is 10.1. The van der Waals surface area contributed by atoms with E-state index in [-0.39, 0.29) is 5.82 Å². The summed E-state index contributed by atoms with van der Waals surface area (Å²) in [5.74, 6) is -0.128. The second-order valence-corrected chi connectivity index (χ2v) is 6.46. The van der Waals surface area contributed by atoms with Gasteiger partial charge in [0.2, 0.25) is 0 Å². The standard InChI is InChI=1S/C14H13BrFNS/c15-10-6-12(18-8-10)7-17-14-4-1-9-5-11(16)2-3-13(9)14/h2-3,5-6,8,14,17H,1,4,7H2. The van der Waals surface area contributed by atoms with Gasteiger partial charge >= 0.3 is 0 Å². The monoisotopic (exact) mass is 325 g/mol. The summed E-state index contributed by atoms with van der Waals surface area (Å²) in [5.41, 5.74) is 2.41. The number of fused-ring (bicyclic) bond motifs is 1. The molecule has 2 aromatic rings. The smallest absolute Gasteiger partial charge is 0.123 e. The van der Waals surface area contributed by atoms with Crippen LogP contribution in [0, 0.1) is 5.82 Å². The highest BCUT2D eigenvalue weighted by Crippen LogP contribution is 2.32. The summed E-state index contributed by atoms with van der Waals surface area (Å²) in [5, 5.41) is 5.65. The number of hydrogen-bond acceptors (Lipinski definition) is 2. The SMILES string of the molecule is Fc1ccc2c(c1)CCC2NCc1cc(Br)cs1. The van der Waals surface area contributed by atoms with Crippen LogP contribution in [0.15, 0.2) is 34.1 Å². The zero-order valence-electron chi connectivity index (χ0n) is 9.75. The molecule has 1 aliphatic carbocycles. The van der Waals surface area contributed by atoms with Crippen molar-refractivity contribution in [3.63, 3.8) is 0 Å². The number of nitrogens with one attached hydrogen (secondary N) is 1. The van der Waals surface area contributed by atoms with Gasteiger partial charge in [-0.1, -0.05) is 6.07 Å². The van der Waals surface area contributed by atoms with Crippen LogP contribution in [0.3, 0.4) is 0 Å². The number of hydrogen-bond donors (Lipinski definition) is 1. The molecule has 0 aliphatic heterocycles. The second kappa shape index (κ2) is 5.11. The van der Waals surface area contributed by atoms with E-state index in [0.717, 1.165) is 29.4 Å². The average molecular weight is 326 g/mol. The van der Waals surface area contributed by atoms with Crippen LogP contribution in [0.25, 0.3) is 0 Å². The minimum Gasteiger partial charge on any atom is -0.305 e. The quantitative estimate of drug-likeness (QED) is 0.880. The molecule has 1 nitrogen and oxygen atoms in total. The summed E-state index contributed by atoms with van der Waals surface area (Å²) in [6, 6.07) is 7.64. The first-order valence-electron chi connectivity index (χ1n) is 5.97. The Morgan fingerprint density at radius 3 is 3.06 bits per heavy atom. The lowest BCUT2D eigenvalue weighted by Crippen LogP contribution is -2.17. The van der Waals surface area contributed by atoms with E-state index in [9.17, 15) is 4.39 Å². The van der Waals surface area contributed by atoms with E-state index < -0.39 is 0 Å². The molecule has 0 saturated heterocycles. The summed E-state index contributed by atoms with van der Waals surface area (Å²) >= 11 is 5.21. The van der Waals surface area contributed by atoms with Crippen molar-refractivity contribution < 1.29 is 4.39 Å². The van der Waals surface area contributed by atoms with Gasteiger partial charge in [0.1, 0.15) is 5.82 Å². The molecule has 0 bridgehead atoms. The number of benzene rings is 1. The van der Waals surface area contributed by atoms with Crippen molar-refractivity contribution in [2.45, 2.75) is 25.4 Å². The molecular weight excluding hydrogens is 313 g/mol. The van der Waals surface area contributed by atoms with Crippen LogP contribution in [0.5, 0.6) is 0 Å². The highest BCUT2D eigenvalue weighted by molar-refractivity contribution is 9.10. The Kier molecular flexibility index (Phi) is 3.50. The first-order chi connectivity index (χ1) is 8.72. The highest BCUT2D eigenvalue weighted by Gasteiger charge is 2.22. The van der Waals surface area contributed by atoms with Crippen molar-refractivity contribution in [2.75, 3.05) is 0 Å². The van der Waals surface area contributed by atoms with E-state index in [1.165, 1.54) is 10.4 Å². The predicted octanol–water partition coefficient (Wildman–Crippen LogP) is 4.43. The molecule has 1 atom stereocenters. The summed E-state index contributed by atoms with van der Waals surface area (Å²) in [4.78, 5) is 1.32. The van der Waals surface area contributed by atoms with Gasteiger partial charge in [-0.15, -0.1) is 11.3 Å². The molecule has 1 aromatic carbocycles. The Balaban J connectivity index is 1.69. The van der Waals surface area contributed by atoms with Crippen LogP contribution in [-0.2, 0) is 13.0 Å². The van der Waals surface area contributed by atoms with Crippen LogP contribution in [-0.4, -0.2) is 0 Å². The first-order valence-corrected chi connectivity index (χ1v) is 7.64. The molecule has 1 aliphatic rings. The molecule has 18 heavy (non-hydrogen) atoms. The summed E-state index contributed by atoms with van der Waals surface area (Å²) < 4.78 is 14.3. The maximum Gasteiger partial charge on any atom is 0.123 e. The maximum absolute atomic E-state index is 13.1. The van der Waals surface area contributed by atoms with Crippen LogP contribution in [0.1, 0.15) is 28.5 Å². The molecule has 1 unspecified atom stereocenters. The lowest BCUT2D eigenvalue weighted by Gasteiger charge is -2.13. The largest absolute Gasteiger partial charge is 0.305 e. The normalized spacial score (nSPS) is 18.0. The zero-order valence-corrected chi connectivity index (χ0v) is 12.2. The van der Waals surface area contributed by atoms with E-state index >= 15 is 0 Å². The summed E-state index contributed by atoms with van der Waals surface area (Å²) in [6.07, 6.45) is 2.03. The number of rotatable bonds is 3. The van der Waals surface area contributed by atoms with Crippen LogP contribution < -0.4 is 5.32 Å². The third kappa shape index (κ3) is 2.51. The molecule has 0 spiro atoms. The third-order valence-corrected chi connectivity index (χ3v) is 5.02. The van der Waals surface area contributed by atoms with E-state index in [1.807, 2.05) is 6.07 Å². The van der Waals surface area contributed by atoms with E-state index in [2.05, 4.69) is 32.7 Å². The molecule has 0 saturated carbocycles. The molecule has 3 rings (SSSR count). The zero-order chi connectivity index (χ0) is 12.5. The van der Waals surface area contributed by atoms with Gasteiger partial charge in [0.05, 0.1) is 0 Å². The average Bonchev–Trinajstić information content (AvgIpc) is 2.92. The van der Waals surface area contributed by atoms with Gasteiger partial charge in [-0.25, -0.2) is 4.39 Å². The van der Waals surface area contributed by atoms with Crippen molar-refractivity contribution in [1.29, 1.82) is 0 Å². The molecule has 0 amide bonds. The van der Waals surface area contributed by atoms with E-state index in [0.29, 0.717) is 6.04 Å². The van der Waals surface area contributed by atoms with E-state index in [1.54, 1.807) is 23.5 Å². The lowest BCUT2D eigenvalue weighted by molar-refractivity contribution is 0.533. The van der Waals surface area contributed by atoms with Crippen molar-refractivity contribution in [3.05, 3.63) is 55.9 Å². The van der Waals surface area contributed by atoms with Crippen LogP contribution >= 0.6 is 27.3 Å². The summed E-state index contributed by atoms with van der Waals surface area (Å²) in [7, 11) is 0. The van der Waals surface area contributed by atoms with Crippen molar-refractivity contribution in [2.24, 2.45) is 0 Å². The Hall–Kier alpha value is -0.710. The molecule has 94 valence electrons. The maximum atomic E-state index is 13.1. The third-order valence-electron chi connectivity index (χ3n) is 3.33. The Morgan fingerprint density at radius 1 is 1.39 bits per heavy atom. The van der Waals surface area contributed by atoms with Crippen molar-refractivity contribution >= 4 is 27.3 Å². The van der Waals surface area contributed by atoms with Gasteiger partial charge < -0.3 is 5.32 Å².